The molecule has 0 radical (unpaired) electrons. The Labute approximate surface area is 165 Å². The molecule has 140 valence electrons. The first-order chi connectivity index (χ1) is 11.7. The van der Waals surface area contributed by atoms with Gasteiger partial charge in [0.05, 0.1) is 18.8 Å². The second-order valence-electron chi connectivity index (χ2n) is 5.32. The Morgan fingerprint density at radius 1 is 1.20 bits per heavy atom. The molecule has 8 nitrogen and oxygen atoms in total. The quantitative estimate of drug-likeness (QED) is 0.356. The highest BCUT2D eigenvalue weighted by Gasteiger charge is 2.13. The Hall–Kier alpha value is -1.65. The maximum atomic E-state index is 5.40. The topological polar surface area (TPSA) is 93.2 Å². The molecule has 0 aliphatic rings. The third-order valence-electron chi connectivity index (χ3n) is 3.80. The average molecular weight is 461 g/mol. The second-order valence-corrected chi connectivity index (χ2v) is 5.32. The molecule has 0 spiro atoms. The number of hydrogen-bond acceptors (Lipinski definition) is 5. The number of aliphatic imine (C=N–C) groups is 1. The standard InChI is InChI=1S/C16H27N7O.HI/c1-5-13-12(14(6-2)24-22-13)9-18-16(17-7-3)19-10-15-21-20-11-23(15)8-4;/h11H,5-10H2,1-4H3,(H2,17,18,19);1H. The molecule has 0 saturated heterocycles. The van der Waals surface area contributed by atoms with Crippen molar-refractivity contribution >= 4 is 29.9 Å². The van der Waals surface area contributed by atoms with Crippen molar-refractivity contribution in [3.63, 3.8) is 0 Å². The van der Waals surface area contributed by atoms with Crippen LogP contribution in [-0.2, 0) is 32.5 Å². The molecule has 0 aromatic carbocycles. The predicted molar refractivity (Wildman–Crippen MR) is 108 cm³/mol. The number of hydrogen-bond donors (Lipinski definition) is 2. The minimum Gasteiger partial charge on any atom is -0.361 e. The minimum absolute atomic E-state index is 0. The average Bonchev–Trinajstić information content (AvgIpc) is 3.22. The summed E-state index contributed by atoms with van der Waals surface area (Å²) in [6, 6.07) is 0. The van der Waals surface area contributed by atoms with Crippen LogP contribution in [0.15, 0.2) is 15.8 Å². The maximum absolute atomic E-state index is 5.40. The van der Waals surface area contributed by atoms with Gasteiger partial charge in [0.25, 0.3) is 0 Å². The van der Waals surface area contributed by atoms with Gasteiger partial charge in [-0.05, 0) is 20.3 Å². The van der Waals surface area contributed by atoms with Crippen LogP contribution in [0, 0.1) is 0 Å². The largest absolute Gasteiger partial charge is 0.361 e. The molecule has 0 fully saturated rings. The Balaban J connectivity index is 0.00000312. The summed E-state index contributed by atoms with van der Waals surface area (Å²) in [6.07, 6.45) is 3.40. The fourth-order valence-corrected chi connectivity index (χ4v) is 2.46. The summed E-state index contributed by atoms with van der Waals surface area (Å²) in [4.78, 5) is 4.67. The van der Waals surface area contributed by atoms with Gasteiger partial charge in [0, 0.05) is 25.1 Å². The minimum atomic E-state index is 0. The number of nitrogens with one attached hydrogen (secondary N) is 2. The van der Waals surface area contributed by atoms with Gasteiger partial charge in [-0.25, -0.2) is 4.99 Å². The lowest BCUT2D eigenvalue weighted by atomic mass is 10.1. The molecule has 0 aliphatic carbocycles. The van der Waals surface area contributed by atoms with E-state index >= 15 is 0 Å². The molecule has 25 heavy (non-hydrogen) atoms. The summed E-state index contributed by atoms with van der Waals surface area (Å²) in [5, 5.41) is 18.7. The van der Waals surface area contributed by atoms with E-state index in [-0.39, 0.29) is 24.0 Å². The lowest BCUT2D eigenvalue weighted by molar-refractivity contribution is 0.380. The molecular formula is C16H28IN7O. The third-order valence-corrected chi connectivity index (χ3v) is 3.80. The molecule has 2 aromatic heterocycles. The molecule has 0 amide bonds. The molecule has 9 heteroatoms. The summed E-state index contributed by atoms with van der Waals surface area (Å²) < 4.78 is 7.40. The molecule has 0 saturated carbocycles. The van der Waals surface area contributed by atoms with Crippen molar-refractivity contribution in [2.75, 3.05) is 6.54 Å². The van der Waals surface area contributed by atoms with Crippen LogP contribution in [0.1, 0.15) is 50.5 Å². The number of rotatable bonds is 8. The number of aryl methyl sites for hydroxylation is 3. The van der Waals surface area contributed by atoms with Crippen molar-refractivity contribution < 1.29 is 4.52 Å². The first kappa shape index (κ1) is 21.4. The number of halogens is 1. The second kappa shape index (κ2) is 11.1. The van der Waals surface area contributed by atoms with Crippen LogP contribution >= 0.6 is 24.0 Å². The van der Waals surface area contributed by atoms with E-state index < -0.39 is 0 Å². The molecule has 2 rings (SSSR count). The van der Waals surface area contributed by atoms with Crippen molar-refractivity contribution in [2.45, 2.75) is 60.2 Å². The first-order valence-corrected chi connectivity index (χ1v) is 8.58. The summed E-state index contributed by atoms with van der Waals surface area (Å²) >= 11 is 0. The van der Waals surface area contributed by atoms with Crippen LogP contribution < -0.4 is 10.6 Å². The van der Waals surface area contributed by atoms with E-state index in [0.717, 1.165) is 54.7 Å². The molecular weight excluding hydrogens is 433 g/mol. The lowest BCUT2D eigenvalue weighted by Crippen LogP contribution is -2.37. The predicted octanol–water partition coefficient (Wildman–Crippen LogP) is 2.28. The Morgan fingerprint density at radius 3 is 2.64 bits per heavy atom. The van der Waals surface area contributed by atoms with Crippen LogP contribution in [0.5, 0.6) is 0 Å². The van der Waals surface area contributed by atoms with Gasteiger partial charge in [0.15, 0.2) is 11.8 Å². The van der Waals surface area contributed by atoms with Gasteiger partial charge >= 0.3 is 0 Å². The summed E-state index contributed by atoms with van der Waals surface area (Å²) in [5.74, 6) is 2.54. The SMILES string of the molecule is CCNC(=NCc1c(CC)noc1CC)NCc1nncn1CC.I. The monoisotopic (exact) mass is 461 g/mol. The van der Waals surface area contributed by atoms with Gasteiger partial charge in [0.2, 0.25) is 0 Å². The van der Waals surface area contributed by atoms with E-state index in [9.17, 15) is 0 Å². The van der Waals surface area contributed by atoms with E-state index in [2.05, 4.69) is 51.8 Å². The van der Waals surface area contributed by atoms with E-state index in [4.69, 9.17) is 4.52 Å². The van der Waals surface area contributed by atoms with Crippen LogP contribution in [0.4, 0.5) is 0 Å². The highest BCUT2D eigenvalue weighted by atomic mass is 127. The van der Waals surface area contributed by atoms with Crippen molar-refractivity contribution in [1.29, 1.82) is 0 Å². The summed E-state index contributed by atoms with van der Waals surface area (Å²) in [6.45, 7) is 11.0. The van der Waals surface area contributed by atoms with Crippen LogP contribution in [0.2, 0.25) is 0 Å². The number of nitrogens with zero attached hydrogens (tertiary/aromatic N) is 5. The van der Waals surface area contributed by atoms with Gasteiger partial charge < -0.3 is 19.7 Å². The van der Waals surface area contributed by atoms with Crippen molar-refractivity contribution in [3.8, 4) is 0 Å². The highest BCUT2D eigenvalue weighted by Crippen LogP contribution is 2.16. The van der Waals surface area contributed by atoms with Crippen LogP contribution in [0.25, 0.3) is 0 Å². The third kappa shape index (κ3) is 5.68. The Kier molecular flexibility index (Phi) is 9.46. The Morgan fingerprint density at radius 2 is 2.00 bits per heavy atom. The van der Waals surface area contributed by atoms with Gasteiger partial charge in [-0.15, -0.1) is 34.2 Å². The van der Waals surface area contributed by atoms with Gasteiger partial charge in [0.1, 0.15) is 12.1 Å². The maximum Gasteiger partial charge on any atom is 0.191 e. The van der Waals surface area contributed by atoms with Crippen LogP contribution in [-0.4, -0.2) is 32.4 Å². The van der Waals surface area contributed by atoms with Crippen molar-refractivity contribution in [2.24, 2.45) is 4.99 Å². The van der Waals surface area contributed by atoms with Crippen LogP contribution in [0.3, 0.4) is 0 Å². The molecule has 2 heterocycles. The van der Waals surface area contributed by atoms with E-state index in [1.54, 1.807) is 6.33 Å². The van der Waals surface area contributed by atoms with Crippen molar-refractivity contribution in [1.82, 2.24) is 30.6 Å². The van der Waals surface area contributed by atoms with Gasteiger partial charge in [-0.3, -0.25) is 0 Å². The normalized spacial score (nSPS) is 11.3. The van der Waals surface area contributed by atoms with Crippen molar-refractivity contribution in [3.05, 3.63) is 29.2 Å². The van der Waals surface area contributed by atoms with Gasteiger partial charge in [-0.1, -0.05) is 19.0 Å². The molecule has 0 atom stereocenters. The molecule has 0 unspecified atom stereocenters. The first-order valence-electron chi connectivity index (χ1n) is 8.58. The fraction of sp³-hybridized carbons (Fsp3) is 0.625. The van der Waals surface area contributed by atoms with E-state index in [0.29, 0.717) is 13.1 Å². The molecule has 2 aromatic rings. The number of guanidine groups is 1. The lowest BCUT2D eigenvalue weighted by Gasteiger charge is -2.11. The number of aromatic nitrogens is 4. The zero-order valence-corrected chi connectivity index (χ0v) is 17.7. The summed E-state index contributed by atoms with van der Waals surface area (Å²) in [7, 11) is 0. The summed E-state index contributed by atoms with van der Waals surface area (Å²) in [5.41, 5.74) is 2.08. The molecule has 2 N–H and O–H groups in total. The smallest absolute Gasteiger partial charge is 0.191 e. The fourth-order valence-electron chi connectivity index (χ4n) is 2.46. The molecule has 0 aliphatic heterocycles. The Bertz CT molecular complexity index is 644. The van der Waals surface area contributed by atoms with E-state index in [1.165, 1.54) is 0 Å². The zero-order chi connectivity index (χ0) is 17.4. The van der Waals surface area contributed by atoms with E-state index in [1.807, 2.05) is 11.5 Å². The molecule has 0 bridgehead atoms. The zero-order valence-electron chi connectivity index (χ0n) is 15.4. The van der Waals surface area contributed by atoms with Gasteiger partial charge in [-0.2, -0.15) is 0 Å². The highest BCUT2D eigenvalue weighted by molar-refractivity contribution is 14.0.